The van der Waals surface area contributed by atoms with Crippen molar-refractivity contribution in [1.29, 1.82) is 0 Å². The molecule has 3 aliphatic rings. The highest BCUT2D eigenvalue weighted by Crippen LogP contribution is 2.62. The van der Waals surface area contributed by atoms with Gasteiger partial charge in [-0.25, -0.2) is 0 Å². The summed E-state index contributed by atoms with van der Waals surface area (Å²) >= 11 is 0. The number of phenols is 1. The summed E-state index contributed by atoms with van der Waals surface area (Å²) in [6, 6.07) is 1.95. The van der Waals surface area contributed by atoms with Crippen molar-refractivity contribution >= 4 is 17.3 Å². The summed E-state index contributed by atoms with van der Waals surface area (Å²) in [7, 11) is 0. The maximum absolute atomic E-state index is 13.8. The zero-order valence-corrected chi connectivity index (χ0v) is 19.1. The van der Waals surface area contributed by atoms with Crippen molar-refractivity contribution in [3.8, 4) is 5.75 Å². The summed E-state index contributed by atoms with van der Waals surface area (Å²) in [6.07, 6.45) is 2.17. The Bertz CT molecular complexity index is 1130. The zero-order valence-electron chi connectivity index (χ0n) is 19.1. The standard InChI is InChI=1S/C26H30O5/c1-7-15-8-12(2)22(29)21-17(15)9-16-10-25(5)11-18(28)20(14(4)27)24(31)26(25,6)13(3)19(16)23(21)30/h8,16,28-29H,7,9-11H2,1-6H3. The first-order chi connectivity index (χ1) is 14.4. The van der Waals surface area contributed by atoms with Crippen molar-refractivity contribution in [2.75, 3.05) is 0 Å². The Morgan fingerprint density at radius 1 is 1.19 bits per heavy atom. The van der Waals surface area contributed by atoms with Gasteiger partial charge in [0.25, 0.3) is 0 Å². The van der Waals surface area contributed by atoms with E-state index >= 15 is 0 Å². The number of fused-ring (bicyclic) bond motifs is 3. The largest absolute Gasteiger partial charge is 0.511 e. The number of Topliss-reactive ketones (excluding diaryl/α,β-unsaturated/α-hetero) is 3. The molecule has 0 radical (unpaired) electrons. The third-order valence-electron chi connectivity index (χ3n) is 8.34. The van der Waals surface area contributed by atoms with Crippen LogP contribution in [0.25, 0.3) is 0 Å². The first kappa shape index (κ1) is 21.5. The van der Waals surface area contributed by atoms with E-state index in [1.54, 1.807) is 13.8 Å². The molecule has 1 aromatic carbocycles. The highest BCUT2D eigenvalue weighted by Gasteiger charge is 2.61. The predicted molar refractivity (Wildman–Crippen MR) is 117 cm³/mol. The molecule has 4 rings (SSSR count). The Balaban J connectivity index is 1.98. The fourth-order valence-corrected chi connectivity index (χ4v) is 6.40. The Morgan fingerprint density at radius 3 is 2.42 bits per heavy atom. The molecule has 5 heteroatoms. The number of hydrogen-bond donors (Lipinski definition) is 2. The van der Waals surface area contributed by atoms with Crippen LogP contribution in [-0.4, -0.2) is 27.6 Å². The molecule has 0 fully saturated rings. The lowest BCUT2D eigenvalue weighted by molar-refractivity contribution is -0.134. The predicted octanol–water partition coefficient (Wildman–Crippen LogP) is 4.72. The van der Waals surface area contributed by atoms with Crippen molar-refractivity contribution in [3.05, 3.63) is 50.8 Å². The van der Waals surface area contributed by atoms with Crippen LogP contribution in [0.3, 0.4) is 0 Å². The van der Waals surface area contributed by atoms with Crippen molar-refractivity contribution < 1.29 is 24.6 Å². The van der Waals surface area contributed by atoms with E-state index in [4.69, 9.17) is 0 Å². The summed E-state index contributed by atoms with van der Waals surface area (Å²) in [5.74, 6) is -1.28. The molecule has 0 spiro atoms. The molecule has 0 amide bonds. The Kier molecular flexibility index (Phi) is 4.62. The van der Waals surface area contributed by atoms with Crippen LogP contribution in [0.4, 0.5) is 0 Å². The summed E-state index contributed by atoms with van der Waals surface area (Å²) < 4.78 is 0. The molecule has 0 heterocycles. The van der Waals surface area contributed by atoms with E-state index in [0.29, 0.717) is 35.1 Å². The van der Waals surface area contributed by atoms with Gasteiger partial charge in [0.2, 0.25) is 0 Å². The second kappa shape index (κ2) is 6.65. The molecule has 3 aliphatic carbocycles. The molecular weight excluding hydrogens is 392 g/mol. The monoisotopic (exact) mass is 422 g/mol. The third kappa shape index (κ3) is 2.58. The van der Waals surface area contributed by atoms with Gasteiger partial charge in [-0.3, -0.25) is 14.4 Å². The summed E-state index contributed by atoms with van der Waals surface area (Å²) in [5, 5.41) is 21.4. The van der Waals surface area contributed by atoms with Crippen molar-refractivity contribution in [3.63, 3.8) is 0 Å². The Hall–Kier alpha value is -2.69. The van der Waals surface area contributed by atoms with Gasteiger partial charge < -0.3 is 10.2 Å². The van der Waals surface area contributed by atoms with E-state index in [2.05, 4.69) is 0 Å². The molecule has 0 aromatic heterocycles. The normalized spacial score (nSPS) is 30.2. The van der Waals surface area contributed by atoms with Crippen molar-refractivity contribution in [2.45, 2.75) is 67.2 Å². The number of allylic oxidation sites excluding steroid dienone is 4. The van der Waals surface area contributed by atoms with E-state index < -0.39 is 22.4 Å². The smallest absolute Gasteiger partial charge is 0.193 e. The molecule has 164 valence electrons. The summed E-state index contributed by atoms with van der Waals surface area (Å²) in [5.41, 5.74) is 2.44. The number of aliphatic hydroxyl groups excluding tert-OH is 1. The van der Waals surface area contributed by atoms with Crippen LogP contribution in [0, 0.1) is 23.7 Å². The molecule has 0 saturated carbocycles. The lowest BCUT2D eigenvalue weighted by Gasteiger charge is -2.55. The van der Waals surface area contributed by atoms with E-state index in [1.165, 1.54) is 6.92 Å². The summed E-state index contributed by atoms with van der Waals surface area (Å²) in [4.78, 5) is 39.5. The number of aromatic hydroxyl groups is 1. The second-order valence-electron chi connectivity index (χ2n) is 9.95. The van der Waals surface area contributed by atoms with Gasteiger partial charge >= 0.3 is 0 Å². The average molecular weight is 423 g/mol. The molecule has 0 saturated heterocycles. The maximum Gasteiger partial charge on any atom is 0.193 e. The first-order valence-corrected chi connectivity index (χ1v) is 11.0. The van der Waals surface area contributed by atoms with E-state index in [1.807, 2.05) is 26.8 Å². The molecule has 0 aliphatic heterocycles. The minimum atomic E-state index is -1.06. The minimum Gasteiger partial charge on any atom is -0.511 e. The number of aryl methyl sites for hydroxylation is 2. The first-order valence-electron chi connectivity index (χ1n) is 11.0. The quantitative estimate of drug-likeness (QED) is 0.673. The lowest BCUT2D eigenvalue weighted by Crippen LogP contribution is -2.55. The van der Waals surface area contributed by atoms with E-state index in [0.717, 1.165) is 17.5 Å². The Labute approximate surface area is 182 Å². The van der Waals surface area contributed by atoms with Crippen LogP contribution in [-0.2, 0) is 22.4 Å². The SMILES string of the molecule is CCc1cc(C)c(O)c2c1CC1CC3(C)CC(O)=C(C(C)=O)C(=O)C3(C)C(C)=C1C2=O. The van der Waals surface area contributed by atoms with E-state index in [-0.39, 0.29) is 35.2 Å². The van der Waals surface area contributed by atoms with Gasteiger partial charge in [0.1, 0.15) is 11.5 Å². The van der Waals surface area contributed by atoms with Gasteiger partial charge in [-0.2, -0.15) is 0 Å². The topological polar surface area (TPSA) is 91.7 Å². The van der Waals surface area contributed by atoms with Crippen LogP contribution in [0.2, 0.25) is 0 Å². The Morgan fingerprint density at radius 2 is 1.84 bits per heavy atom. The van der Waals surface area contributed by atoms with Gasteiger partial charge in [-0.15, -0.1) is 0 Å². The van der Waals surface area contributed by atoms with Gasteiger partial charge in [0, 0.05) is 12.0 Å². The molecular formula is C26H30O5. The molecule has 3 atom stereocenters. The molecule has 5 nitrogen and oxygen atoms in total. The maximum atomic E-state index is 13.8. The number of aliphatic hydroxyl groups is 1. The van der Waals surface area contributed by atoms with Crippen LogP contribution in [0.1, 0.15) is 74.5 Å². The van der Waals surface area contributed by atoms with Crippen LogP contribution in [0.15, 0.2) is 28.5 Å². The number of phenolic OH excluding ortho intramolecular Hbond substituents is 1. The molecule has 1 aromatic rings. The van der Waals surface area contributed by atoms with Gasteiger partial charge in [0.05, 0.1) is 16.6 Å². The van der Waals surface area contributed by atoms with Gasteiger partial charge in [-0.1, -0.05) is 25.5 Å². The van der Waals surface area contributed by atoms with Crippen LogP contribution >= 0.6 is 0 Å². The van der Waals surface area contributed by atoms with Crippen LogP contribution < -0.4 is 0 Å². The molecule has 0 bridgehead atoms. The fraction of sp³-hybridized carbons (Fsp3) is 0.500. The van der Waals surface area contributed by atoms with E-state index in [9.17, 15) is 24.6 Å². The zero-order chi connectivity index (χ0) is 23.0. The van der Waals surface area contributed by atoms with Crippen molar-refractivity contribution in [1.82, 2.24) is 0 Å². The number of benzene rings is 1. The summed E-state index contributed by atoms with van der Waals surface area (Å²) in [6.45, 7) is 10.7. The van der Waals surface area contributed by atoms with Gasteiger partial charge in [-0.05, 0) is 75.0 Å². The highest BCUT2D eigenvalue weighted by atomic mass is 16.3. The lowest BCUT2D eigenvalue weighted by atomic mass is 9.46. The number of carbonyl (C=O) groups is 3. The fourth-order valence-electron chi connectivity index (χ4n) is 6.40. The van der Waals surface area contributed by atoms with Crippen molar-refractivity contribution in [2.24, 2.45) is 16.7 Å². The average Bonchev–Trinajstić information content (AvgIpc) is 2.67. The molecule has 31 heavy (non-hydrogen) atoms. The van der Waals surface area contributed by atoms with Crippen LogP contribution in [0.5, 0.6) is 5.75 Å². The number of rotatable bonds is 2. The molecule has 3 unspecified atom stereocenters. The highest BCUT2D eigenvalue weighted by molar-refractivity contribution is 6.24. The molecule has 2 N–H and O–H groups in total. The minimum absolute atomic E-state index is 0.0198. The second-order valence-corrected chi connectivity index (χ2v) is 9.95. The third-order valence-corrected chi connectivity index (χ3v) is 8.34. The number of hydrogen-bond acceptors (Lipinski definition) is 5. The number of ketones is 3. The van der Waals surface area contributed by atoms with Gasteiger partial charge in [0.15, 0.2) is 17.3 Å². The number of carbonyl (C=O) groups excluding carboxylic acids is 3.